The van der Waals surface area contributed by atoms with Crippen molar-refractivity contribution in [1.82, 2.24) is 18.9 Å². The zero-order valence-corrected chi connectivity index (χ0v) is 13.2. The maximum absolute atomic E-state index is 12.1. The molecule has 6 nitrogen and oxygen atoms in total. The maximum atomic E-state index is 12.1. The molecule has 0 saturated heterocycles. The smallest absolute Gasteiger partial charge is 0.258 e. The molecular formula is C13H14N4O2S2. The summed E-state index contributed by atoms with van der Waals surface area (Å²) < 4.78 is 3.45. The lowest BCUT2D eigenvalue weighted by Gasteiger charge is -2.04. The molecule has 3 aromatic heterocycles. The van der Waals surface area contributed by atoms with Gasteiger partial charge in [-0.2, -0.15) is 0 Å². The van der Waals surface area contributed by atoms with Gasteiger partial charge in [-0.15, -0.1) is 11.3 Å². The minimum Gasteiger partial charge on any atom is -0.390 e. The number of aryl methyl sites for hydroxylation is 1. The molecule has 21 heavy (non-hydrogen) atoms. The number of hydrogen-bond acceptors (Lipinski definition) is 6. The first-order chi connectivity index (χ1) is 10.1. The summed E-state index contributed by atoms with van der Waals surface area (Å²) in [5.41, 5.74) is 2.35. The zero-order chi connectivity index (χ0) is 15.0. The van der Waals surface area contributed by atoms with E-state index in [0.29, 0.717) is 10.7 Å². The number of aromatic nitrogens is 4. The van der Waals surface area contributed by atoms with Crippen molar-refractivity contribution < 1.29 is 5.11 Å². The van der Waals surface area contributed by atoms with Gasteiger partial charge in [0.1, 0.15) is 0 Å². The number of thiazole rings is 1. The van der Waals surface area contributed by atoms with Gasteiger partial charge in [0.05, 0.1) is 24.2 Å². The first-order valence-electron chi connectivity index (χ1n) is 6.31. The van der Waals surface area contributed by atoms with E-state index in [1.54, 1.807) is 16.7 Å². The Balaban J connectivity index is 1.85. The molecule has 0 spiro atoms. The molecule has 0 aromatic carbocycles. The molecule has 0 saturated carbocycles. The molecule has 8 heteroatoms. The summed E-state index contributed by atoms with van der Waals surface area (Å²) in [4.78, 5) is 21.5. The van der Waals surface area contributed by atoms with Crippen molar-refractivity contribution in [3.63, 3.8) is 0 Å². The second kappa shape index (κ2) is 5.63. The fraction of sp³-hybridized carbons (Fsp3) is 0.308. The van der Waals surface area contributed by atoms with Crippen molar-refractivity contribution in [2.45, 2.75) is 24.4 Å². The molecule has 1 N–H and O–H groups in total. The number of aliphatic hydroxyl groups excluding tert-OH is 1. The van der Waals surface area contributed by atoms with Crippen LogP contribution in [-0.4, -0.2) is 24.0 Å². The lowest BCUT2D eigenvalue weighted by Crippen LogP contribution is -2.14. The lowest BCUT2D eigenvalue weighted by atomic mass is 10.4. The molecule has 0 amide bonds. The zero-order valence-electron chi connectivity index (χ0n) is 11.6. The van der Waals surface area contributed by atoms with Crippen molar-refractivity contribution in [3.05, 3.63) is 45.1 Å². The van der Waals surface area contributed by atoms with Crippen molar-refractivity contribution >= 4 is 28.1 Å². The highest BCUT2D eigenvalue weighted by Crippen LogP contribution is 2.21. The van der Waals surface area contributed by atoms with Gasteiger partial charge in [0.2, 0.25) is 0 Å². The van der Waals surface area contributed by atoms with Crippen molar-refractivity contribution in [2.24, 2.45) is 7.05 Å². The summed E-state index contributed by atoms with van der Waals surface area (Å²) in [6.07, 6.45) is 1.65. The Kier molecular flexibility index (Phi) is 3.83. The number of rotatable bonds is 4. The predicted octanol–water partition coefficient (Wildman–Crippen LogP) is 1.58. The molecule has 0 aliphatic rings. The van der Waals surface area contributed by atoms with E-state index in [2.05, 4.69) is 9.97 Å². The van der Waals surface area contributed by atoms with Gasteiger partial charge in [-0.1, -0.05) is 11.8 Å². The molecule has 0 unspecified atom stereocenters. The van der Waals surface area contributed by atoms with Gasteiger partial charge in [0, 0.05) is 29.9 Å². The average Bonchev–Trinajstić information content (AvgIpc) is 3.00. The monoisotopic (exact) mass is 322 g/mol. The summed E-state index contributed by atoms with van der Waals surface area (Å²) in [5.74, 6) is 0.568. The molecule has 3 aromatic rings. The highest BCUT2D eigenvalue weighted by molar-refractivity contribution is 7.98. The normalized spacial score (nSPS) is 11.4. The Bertz CT molecular complexity index is 850. The Morgan fingerprint density at radius 1 is 1.48 bits per heavy atom. The molecular weight excluding hydrogens is 308 g/mol. The number of nitrogens with zero attached hydrogens (tertiary/aromatic N) is 4. The molecule has 0 aliphatic carbocycles. The number of fused-ring (bicyclic) bond motifs is 1. The van der Waals surface area contributed by atoms with Crippen LogP contribution in [0.3, 0.4) is 0 Å². The molecule has 3 rings (SSSR count). The fourth-order valence-electron chi connectivity index (χ4n) is 2.02. The van der Waals surface area contributed by atoms with Crippen LogP contribution in [0.1, 0.15) is 17.1 Å². The van der Waals surface area contributed by atoms with Crippen molar-refractivity contribution in [1.29, 1.82) is 0 Å². The van der Waals surface area contributed by atoms with E-state index >= 15 is 0 Å². The SMILES string of the molecule is Cc1csc2nc(CSc3ncc(CO)n3C)cc(=O)n12. The van der Waals surface area contributed by atoms with Gasteiger partial charge in [0.15, 0.2) is 10.1 Å². The van der Waals surface area contributed by atoms with Crippen molar-refractivity contribution in [2.75, 3.05) is 0 Å². The molecule has 0 bridgehead atoms. The Labute approximate surface area is 129 Å². The van der Waals surface area contributed by atoms with Crippen LogP contribution >= 0.6 is 23.1 Å². The van der Waals surface area contributed by atoms with Gasteiger partial charge >= 0.3 is 0 Å². The number of imidazole rings is 1. The van der Waals surface area contributed by atoms with E-state index < -0.39 is 0 Å². The largest absolute Gasteiger partial charge is 0.390 e. The van der Waals surface area contributed by atoms with E-state index in [-0.39, 0.29) is 12.2 Å². The predicted molar refractivity (Wildman–Crippen MR) is 82.8 cm³/mol. The third-order valence-corrected chi connectivity index (χ3v) is 5.20. The number of hydrogen-bond donors (Lipinski definition) is 1. The van der Waals surface area contributed by atoms with Crippen LogP contribution < -0.4 is 5.56 Å². The minimum absolute atomic E-state index is 0.0376. The highest BCUT2D eigenvalue weighted by atomic mass is 32.2. The summed E-state index contributed by atoms with van der Waals surface area (Å²) in [6.45, 7) is 1.86. The summed E-state index contributed by atoms with van der Waals surface area (Å²) in [5, 5.41) is 11.9. The topological polar surface area (TPSA) is 72.4 Å². The molecule has 0 radical (unpaired) electrons. The van der Waals surface area contributed by atoms with E-state index in [1.165, 1.54) is 23.1 Å². The van der Waals surface area contributed by atoms with E-state index in [4.69, 9.17) is 5.11 Å². The van der Waals surface area contributed by atoms with Crippen LogP contribution in [0, 0.1) is 6.92 Å². The second-order valence-corrected chi connectivity index (χ2v) is 6.40. The van der Waals surface area contributed by atoms with Crippen LogP contribution in [0.15, 0.2) is 27.6 Å². The summed E-state index contributed by atoms with van der Waals surface area (Å²) in [7, 11) is 1.86. The quantitative estimate of drug-likeness (QED) is 0.738. The number of aliphatic hydroxyl groups is 1. The van der Waals surface area contributed by atoms with Crippen LogP contribution in [0.5, 0.6) is 0 Å². The standard InChI is InChI=1S/C13H14N4O2S2/c1-8-6-20-13-15-9(3-11(19)17(8)13)7-21-12-14-4-10(5-18)16(12)2/h3-4,6,18H,5,7H2,1-2H3. The average molecular weight is 322 g/mol. The minimum atomic E-state index is -0.0507. The molecule has 0 fully saturated rings. The Morgan fingerprint density at radius 2 is 2.29 bits per heavy atom. The second-order valence-electron chi connectivity index (χ2n) is 4.62. The van der Waals surface area contributed by atoms with Gasteiger partial charge in [0.25, 0.3) is 5.56 Å². The van der Waals surface area contributed by atoms with E-state index in [9.17, 15) is 4.79 Å². The summed E-state index contributed by atoms with van der Waals surface area (Å²) in [6, 6.07) is 1.57. The van der Waals surface area contributed by atoms with Crippen molar-refractivity contribution in [3.8, 4) is 0 Å². The first-order valence-corrected chi connectivity index (χ1v) is 8.17. The van der Waals surface area contributed by atoms with Crippen LogP contribution in [0.2, 0.25) is 0 Å². The van der Waals surface area contributed by atoms with Gasteiger partial charge in [-0.25, -0.2) is 9.97 Å². The van der Waals surface area contributed by atoms with Crippen LogP contribution in [0.4, 0.5) is 0 Å². The van der Waals surface area contributed by atoms with Gasteiger partial charge in [-0.3, -0.25) is 9.20 Å². The highest BCUT2D eigenvalue weighted by Gasteiger charge is 2.10. The van der Waals surface area contributed by atoms with Crippen LogP contribution in [-0.2, 0) is 19.4 Å². The molecule has 0 aliphatic heterocycles. The first kappa shape index (κ1) is 14.3. The molecule has 3 heterocycles. The maximum Gasteiger partial charge on any atom is 0.258 e. The number of thioether (sulfide) groups is 1. The van der Waals surface area contributed by atoms with Gasteiger partial charge < -0.3 is 9.67 Å². The van der Waals surface area contributed by atoms with E-state index in [1.807, 2.05) is 23.9 Å². The molecule has 110 valence electrons. The van der Waals surface area contributed by atoms with E-state index in [0.717, 1.165) is 22.2 Å². The Morgan fingerprint density at radius 3 is 3.00 bits per heavy atom. The lowest BCUT2D eigenvalue weighted by molar-refractivity contribution is 0.271. The third kappa shape index (κ3) is 2.61. The van der Waals surface area contributed by atoms with Gasteiger partial charge in [-0.05, 0) is 6.92 Å². The molecule has 0 atom stereocenters. The fourth-order valence-corrected chi connectivity index (χ4v) is 3.77. The Hall–Kier alpha value is -1.64. The summed E-state index contributed by atoms with van der Waals surface area (Å²) >= 11 is 2.96. The van der Waals surface area contributed by atoms with Crippen LogP contribution in [0.25, 0.3) is 4.96 Å². The third-order valence-electron chi connectivity index (χ3n) is 3.18.